The van der Waals surface area contributed by atoms with Crippen molar-refractivity contribution in [1.82, 2.24) is 14.9 Å². The van der Waals surface area contributed by atoms with E-state index in [1.165, 1.54) is 0 Å². The molecule has 26 heavy (non-hydrogen) atoms. The summed E-state index contributed by atoms with van der Waals surface area (Å²) in [7, 11) is 2.12. The largest absolute Gasteiger partial charge is 0.369 e. The zero-order chi connectivity index (χ0) is 18.7. The molecule has 1 aliphatic heterocycles. The number of hydrogen-bond donors (Lipinski definition) is 3. The molecule has 1 aromatic carbocycles. The Bertz CT molecular complexity index is 892. The van der Waals surface area contributed by atoms with Gasteiger partial charge in [-0.3, -0.25) is 14.6 Å². The van der Waals surface area contributed by atoms with Crippen molar-refractivity contribution in [1.29, 1.82) is 0 Å². The number of aromatic amines is 2. The van der Waals surface area contributed by atoms with Crippen molar-refractivity contribution in [3.8, 4) is 0 Å². The Morgan fingerprint density at radius 3 is 2.35 bits per heavy atom. The smallest absolute Gasteiger partial charge is 0.325 e. The summed E-state index contributed by atoms with van der Waals surface area (Å²) >= 11 is 0. The van der Waals surface area contributed by atoms with Crippen LogP contribution in [-0.2, 0) is 11.2 Å². The van der Waals surface area contributed by atoms with Crippen LogP contribution in [0, 0.1) is 6.92 Å². The van der Waals surface area contributed by atoms with E-state index in [2.05, 4.69) is 32.1 Å². The van der Waals surface area contributed by atoms with Crippen LogP contribution >= 0.6 is 0 Å². The van der Waals surface area contributed by atoms with Crippen molar-refractivity contribution < 1.29 is 4.79 Å². The van der Waals surface area contributed by atoms with Crippen LogP contribution < -0.4 is 21.5 Å². The van der Waals surface area contributed by atoms with Crippen LogP contribution in [0.2, 0.25) is 0 Å². The number of amides is 1. The Hall–Kier alpha value is -2.87. The first-order valence-corrected chi connectivity index (χ1v) is 8.58. The third-order valence-corrected chi connectivity index (χ3v) is 4.61. The summed E-state index contributed by atoms with van der Waals surface area (Å²) in [6, 6.07) is 7.68. The molecule has 0 radical (unpaired) electrons. The molecule has 1 amide bonds. The van der Waals surface area contributed by atoms with Gasteiger partial charge in [-0.1, -0.05) is 0 Å². The van der Waals surface area contributed by atoms with Gasteiger partial charge in [0.25, 0.3) is 5.56 Å². The third-order valence-electron chi connectivity index (χ3n) is 4.61. The Morgan fingerprint density at radius 2 is 1.73 bits per heavy atom. The Labute approximate surface area is 150 Å². The van der Waals surface area contributed by atoms with Gasteiger partial charge in [0.1, 0.15) is 0 Å². The van der Waals surface area contributed by atoms with E-state index in [1.807, 2.05) is 24.3 Å². The predicted molar refractivity (Wildman–Crippen MR) is 101 cm³/mol. The van der Waals surface area contributed by atoms with Crippen LogP contribution in [0.4, 0.5) is 11.4 Å². The van der Waals surface area contributed by atoms with Crippen LogP contribution in [-0.4, -0.2) is 54.0 Å². The van der Waals surface area contributed by atoms with Crippen molar-refractivity contribution >= 4 is 17.3 Å². The number of rotatable bonds is 4. The van der Waals surface area contributed by atoms with E-state index in [4.69, 9.17) is 0 Å². The molecule has 0 saturated carbocycles. The lowest BCUT2D eigenvalue weighted by Crippen LogP contribution is -2.44. The molecule has 8 heteroatoms. The number of H-pyrrole nitrogens is 2. The minimum Gasteiger partial charge on any atom is -0.369 e. The van der Waals surface area contributed by atoms with Crippen molar-refractivity contribution in [2.75, 3.05) is 43.4 Å². The molecule has 8 nitrogen and oxygen atoms in total. The van der Waals surface area contributed by atoms with Crippen LogP contribution in [0.25, 0.3) is 0 Å². The maximum Gasteiger partial charge on any atom is 0.325 e. The monoisotopic (exact) mass is 357 g/mol. The number of nitrogens with one attached hydrogen (secondary N) is 3. The topological polar surface area (TPSA) is 101 Å². The molecule has 2 aromatic rings. The maximum atomic E-state index is 12.2. The van der Waals surface area contributed by atoms with Crippen molar-refractivity contribution in [2.45, 2.75) is 13.3 Å². The minimum absolute atomic E-state index is 0.0990. The second-order valence-corrected chi connectivity index (χ2v) is 6.57. The van der Waals surface area contributed by atoms with Gasteiger partial charge >= 0.3 is 5.69 Å². The standard InChI is InChI=1S/C18H23N5O3/c1-12-15(17(25)21-18(26)19-12)11-16(24)20-13-3-5-14(6-4-13)23-9-7-22(2)8-10-23/h3-6H,7-11H2,1-2H3,(H,20,24)(H2,19,21,25,26). The molecule has 138 valence electrons. The van der Waals surface area contributed by atoms with E-state index in [0.29, 0.717) is 11.4 Å². The maximum absolute atomic E-state index is 12.2. The Morgan fingerprint density at radius 1 is 1.08 bits per heavy atom. The SMILES string of the molecule is Cc1[nH]c(=O)[nH]c(=O)c1CC(=O)Nc1ccc(N2CCN(C)CC2)cc1. The molecule has 1 fully saturated rings. The number of nitrogens with zero attached hydrogens (tertiary/aromatic N) is 2. The van der Waals surface area contributed by atoms with Crippen molar-refractivity contribution in [3.05, 3.63) is 56.4 Å². The number of anilines is 2. The van der Waals surface area contributed by atoms with E-state index in [9.17, 15) is 14.4 Å². The van der Waals surface area contributed by atoms with Crippen molar-refractivity contribution in [3.63, 3.8) is 0 Å². The molecule has 0 unspecified atom stereocenters. The summed E-state index contributed by atoms with van der Waals surface area (Å²) in [4.78, 5) is 44.5. The summed E-state index contributed by atoms with van der Waals surface area (Å²) < 4.78 is 0. The van der Waals surface area contributed by atoms with E-state index in [-0.39, 0.29) is 17.9 Å². The quantitative estimate of drug-likeness (QED) is 0.731. The van der Waals surface area contributed by atoms with Gasteiger partial charge in [0, 0.05) is 48.8 Å². The van der Waals surface area contributed by atoms with Crippen LogP contribution in [0.1, 0.15) is 11.3 Å². The fourth-order valence-corrected chi connectivity index (χ4v) is 3.02. The number of benzene rings is 1. The summed E-state index contributed by atoms with van der Waals surface area (Å²) in [6.07, 6.45) is -0.0990. The molecule has 0 spiro atoms. The lowest BCUT2D eigenvalue weighted by atomic mass is 10.1. The van der Waals surface area contributed by atoms with Gasteiger partial charge < -0.3 is 20.1 Å². The Kier molecular flexibility index (Phi) is 5.22. The average molecular weight is 357 g/mol. The molecule has 3 rings (SSSR count). The fraction of sp³-hybridized carbons (Fsp3) is 0.389. The van der Waals surface area contributed by atoms with Gasteiger partial charge in [-0.2, -0.15) is 0 Å². The molecule has 1 saturated heterocycles. The molecule has 2 heterocycles. The highest BCUT2D eigenvalue weighted by molar-refractivity contribution is 5.92. The van der Waals surface area contributed by atoms with E-state index >= 15 is 0 Å². The van der Waals surface area contributed by atoms with Gasteiger partial charge in [-0.15, -0.1) is 0 Å². The highest BCUT2D eigenvalue weighted by Crippen LogP contribution is 2.19. The summed E-state index contributed by atoms with van der Waals surface area (Å²) in [5.74, 6) is -0.307. The molecule has 0 aliphatic carbocycles. The van der Waals surface area contributed by atoms with E-state index in [0.717, 1.165) is 31.9 Å². The molecule has 0 atom stereocenters. The number of aryl methyl sites for hydroxylation is 1. The van der Waals surface area contributed by atoms with Gasteiger partial charge in [0.15, 0.2) is 0 Å². The van der Waals surface area contributed by atoms with Crippen LogP contribution in [0.3, 0.4) is 0 Å². The number of aromatic nitrogens is 2. The first-order chi connectivity index (χ1) is 12.4. The second kappa shape index (κ2) is 7.57. The highest BCUT2D eigenvalue weighted by Gasteiger charge is 2.15. The lowest BCUT2D eigenvalue weighted by molar-refractivity contribution is -0.115. The molecule has 3 N–H and O–H groups in total. The van der Waals surface area contributed by atoms with E-state index < -0.39 is 11.2 Å². The van der Waals surface area contributed by atoms with Gasteiger partial charge in [0.2, 0.25) is 5.91 Å². The summed E-state index contributed by atoms with van der Waals surface area (Å²) in [5.41, 5.74) is 1.36. The average Bonchev–Trinajstić information content (AvgIpc) is 2.59. The zero-order valence-corrected chi connectivity index (χ0v) is 15.0. The zero-order valence-electron chi connectivity index (χ0n) is 15.0. The highest BCUT2D eigenvalue weighted by atomic mass is 16.2. The molecular weight excluding hydrogens is 334 g/mol. The van der Waals surface area contributed by atoms with Gasteiger partial charge in [0.05, 0.1) is 6.42 Å². The Balaban J connectivity index is 1.63. The van der Waals surface area contributed by atoms with Crippen LogP contribution in [0.5, 0.6) is 0 Å². The lowest BCUT2D eigenvalue weighted by Gasteiger charge is -2.34. The molecule has 0 bridgehead atoms. The summed E-state index contributed by atoms with van der Waals surface area (Å²) in [5, 5.41) is 2.79. The first-order valence-electron chi connectivity index (χ1n) is 8.58. The number of likely N-dealkylation sites (N-methyl/N-ethyl adjacent to an activating group) is 1. The fourth-order valence-electron chi connectivity index (χ4n) is 3.02. The summed E-state index contributed by atoms with van der Waals surface area (Å²) in [6.45, 7) is 5.63. The predicted octanol–water partition coefficient (Wildman–Crippen LogP) is 0.305. The number of carbonyl (C=O) groups excluding carboxylic acids is 1. The molecule has 1 aromatic heterocycles. The number of carbonyl (C=O) groups is 1. The first kappa shape index (κ1) is 17.9. The third kappa shape index (κ3) is 4.20. The normalized spacial score (nSPS) is 15.1. The molecular formula is C18H23N5O3. The minimum atomic E-state index is -0.573. The number of piperazine rings is 1. The van der Waals surface area contributed by atoms with E-state index in [1.54, 1.807) is 6.92 Å². The van der Waals surface area contributed by atoms with Crippen molar-refractivity contribution in [2.24, 2.45) is 0 Å². The van der Waals surface area contributed by atoms with Gasteiger partial charge in [-0.05, 0) is 38.2 Å². The van der Waals surface area contributed by atoms with Gasteiger partial charge in [-0.25, -0.2) is 4.79 Å². The molecule has 1 aliphatic rings. The number of hydrogen-bond acceptors (Lipinski definition) is 5. The second-order valence-electron chi connectivity index (χ2n) is 6.57. The van der Waals surface area contributed by atoms with Crippen LogP contribution in [0.15, 0.2) is 33.9 Å².